The molecule has 9 heteroatoms. The molecule has 106 valence electrons. The molecule has 3 N–H and O–H groups in total. The molecule has 0 aromatic heterocycles. The van der Waals surface area contributed by atoms with Crippen molar-refractivity contribution < 1.29 is 21.9 Å². The van der Waals surface area contributed by atoms with Gasteiger partial charge in [-0.2, -0.15) is 13.1 Å². The van der Waals surface area contributed by atoms with E-state index < -0.39 is 20.0 Å². The number of phenols is 1. The van der Waals surface area contributed by atoms with Crippen molar-refractivity contribution in [3.8, 4) is 5.75 Å². The minimum Gasteiger partial charge on any atom is -0.506 e. The highest BCUT2D eigenvalue weighted by molar-refractivity contribution is 7.91. The Kier molecular flexibility index (Phi) is 3.45. The lowest BCUT2D eigenvalue weighted by atomic mass is 10.3. The average Bonchev–Trinajstić information content (AvgIpc) is 3.02. The van der Waals surface area contributed by atoms with Crippen LogP contribution >= 0.6 is 0 Å². The molecule has 1 aliphatic rings. The summed E-state index contributed by atoms with van der Waals surface area (Å²) in [5.74, 6) is -0.339. The molecule has 0 unspecified atom stereocenters. The van der Waals surface area contributed by atoms with Gasteiger partial charge in [-0.05, 0) is 31.0 Å². The summed E-state index contributed by atoms with van der Waals surface area (Å²) in [6.45, 7) is 0. The zero-order chi connectivity index (χ0) is 14.3. The van der Waals surface area contributed by atoms with Gasteiger partial charge in [-0.15, -0.1) is 0 Å². The van der Waals surface area contributed by atoms with Crippen molar-refractivity contribution in [1.29, 1.82) is 0 Å². The van der Waals surface area contributed by atoms with Gasteiger partial charge in [0.05, 0.1) is 10.6 Å². The minimum atomic E-state index is -3.81. The van der Waals surface area contributed by atoms with Crippen molar-refractivity contribution in [2.75, 3.05) is 11.0 Å². The molecule has 1 aromatic carbocycles. The molecule has 0 saturated heterocycles. The summed E-state index contributed by atoms with van der Waals surface area (Å²) in [4.78, 5) is -0.0746. The Morgan fingerprint density at radius 2 is 1.84 bits per heavy atom. The van der Waals surface area contributed by atoms with Gasteiger partial charge in [0.1, 0.15) is 5.75 Å². The van der Waals surface area contributed by atoms with Gasteiger partial charge in [-0.3, -0.25) is 4.72 Å². The normalized spacial score (nSPS) is 16.3. The quantitative estimate of drug-likeness (QED) is 0.673. The number of hydrogen-bond acceptors (Lipinski definition) is 5. The maximum absolute atomic E-state index is 11.7. The molecule has 0 atom stereocenters. The summed E-state index contributed by atoms with van der Waals surface area (Å²) in [5.41, 5.74) is -0.170. The van der Waals surface area contributed by atoms with Gasteiger partial charge in [0.2, 0.25) is 0 Å². The van der Waals surface area contributed by atoms with E-state index in [0.717, 1.165) is 31.2 Å². The smallest absolute Gasteiger partial charge is 0.299 e. The second-order valence-electron chi connectivity index (χ2n) is 4.45. The number of aromatic hydroxyl groups is 1. The third-order valence-electron chi connectivity index (χ3n) is 2.54. The molecular weight excluding hydrogens is 292 g/mol. The van der Waals surface area contributed by atoms with E-state index in [9.17, 15) is 21.9 Å². The molecule has 0 spiro atoms. The van der Waals surface area contributed by atoms with Gasteiger partial charge in [-0.25, -0.2) is 8.42 Å². The number of hydrogen-bond donors (Lipinski definition) is 3. The number of anilines is 1. The van der Waals surface area contributed by atoms with E-state index in [1.54, 1.807) is 0 Å². The number of nitrogens with one attached hydrogen (secondary N) is 2. The van der Waals surface area contributed by atoms with Crippen LogP contribution in [0.5, 0.6) is 5.75 Å². The van der Waals surface area contributed by atoms with Crippen molar-refractivity contribution in [2.24, 2.45) is 0 Å². The first kappa shape index (κ1) is 14.1. The highest BCUT2D eigenvalue weighted by atomic mass is 32.2. The first-order valence-electron chi connectivity index (χ1n) is 5.50. The molecule has 0 bridgehead atoms. The van der Waals surface area contributed by atoms with Crippen LogP contribution in [0.3, 0.4) is 0 Å². The summed E-state index contributed by atoms with van der Waals surface area (Å²) < 4.78 is 50.6. The molecule has 19 heavy (non-hydrogen) atoms. The molecule has 1 fully saturated rings. The van der Waals surface area contributed by atoms with E-state index >= 15 is 0 Å². The van der Waals surface area contributed by atoms with Gasteiger partial charge in [0.15, 0.2) is 9.84 Å². The molecule has 2 rings (SSSR count). The molecule has 0 aliphatic heterocycles. The standard InChI is InChI=1S/C10H14N2O5S2/c1-18(14,15)8-4-5-10(13)9(6-8)12-19(16,17)11-7-2-3-7/h4-7,11-13H,2-3H2,1H3. The van der Waals surface area contributed by atoms with Crippen LogP contribution in [-0.4, -0.2) is 34.2 Å². The van der Waals surface area contributed by atoms with Crippen LogP contribution in [0, 0.1) is 0 Å². The second kappa shape index (κ2) is 4.66. The molecule has 0 radical (unpaired) electrons. The maximum atomic E-state index is 11.7. The fourth-order valence-electron chi connectivity index (χ4n) is 1.42. The average molecular weight is 306 g/mol. The maximum Gasteiger partial charge on any atom is 0.299 e. The van der Waals surface area contributed by atoms with E-state index in [0.29, 0.717) is 0 Å². The van der Waals surface area contributed by atoms with Crippen molar-refractivity contribution in [2.45, 2.75) is 23.8 Å². The van der Waals surface area contributed by atoms with Gasteiger partial charge in [0.25, 0.3) is 10.2 Å². The van der Waals surface area contributed by atoms with Crippen LogP contribution < -0.4 is 9.44 Å². The predicted molar refractivity (Wildman–Crippen MR) is 69.9 cm³/mol. The number of phenolic OH excluding ortho intramolecular Hbond substituents is 1. The fourth-order valence-corrected chi connectivity index (χ4v) is 3.26. The van der Waals surface area contributed by atoms with E-state index in [1.165, 1.54) is 6.07 Å². The zero-order valence-electron chi connectivity index (χ0n) is 10.1. The first-order chi connectivity index (χ1) is 8.67. The van der Waals surface area contributed by atoms with Crippen molar-refractivity contribution in [1.82, 2.24) is 4.72 Å². The van der Waals surface area contributed by atoms with E-state index in [-0.39, 0.29) is 22.4 Å². The lowest BCUT2D eigenvalue weighted by Crippen LogP contribution is -2.31. The Morgan fingerprint density at radius 3 is 2.37 bits per heavy atom. The highest BCUT2D eigenvalue weighted by Gasteiger charge is 2.27. The summed E-state index contributed by atoms with van der Waals surface area (Å²) in [7, 11) is -7.29. The SMILES string of the molecule is CS(=O)(=O)c1ccc(O)c(NS(=O)(=O)NC2CC2)c1. The summed E-state index contributed by atoms with van der Waals surface area (Å²) in [5, 5.41) is 9.56. The Bertz CT molecular complexity index is 693. The van der Waals surface area contributed by atoms with Gasteiger partial charge in [0, 0.05) is 12.3 Å². The number of rotatable bonds is 5. The zero-order valence-corrected chi connectivity index (χ0v) is 11.8. The van der Waals surface area contributed by atoms with Crippen LogP contribution in [0.25, 0.3) is 0 Å². The van der Waals surface area contributed by atoms with Crippen molar-refractivity contribution >= 4 is 25.7 Å². The Morgan fingerprint density at radius 1 is 1.21 bits per heavy atom. The second-order valence-corrected chi connectivity index (χ2v) is 7.91. The van der Waals surface area contributed by atoms with E-state index in [2.05, 4.69) is 9.44 Å². The summed E-state index contributed by atoms with van der Waals surface area (Å²) in [6, 6.07) is 3.33. The summed E-state index contributed by atoms with van der Waals surface area (Å²) >= 11 is 0. The van der Waals surface area contributed by atoms with Crippen LogP contribution in [0.4, 0.5) is 5.69 Å². The molecule has 7 nitrogen and oxygen atoms in total. The van der Waals surface area contributed by atoms with Crippen molar-refractivity contribution in [3.63, 3.8) is 0 Å². The van der Waals surface area contributed by atoms with Crippen molar-refractivity contribution in [3.05, 3.63) is 18.2 Å². The third-order valence-corrected chi connectivity index (χ3v) is 4.78. The molecule has 1 saturated carbocycles. The minimum absolute atomic E-state index is 0.0746. The van der Waals surface area contributed by atoms with E-state index in [4.69, 9.17) is 0 Å². The van der Waals surface area contributed by atoms with Gasteiger partial charge >= 0.3 is 0 Å². The largest absolute Gasteiger partial charge is 0.506 e. The van der Waals surface area contributed by atoms with Crippen LogP contribution in [0.15, 0.2) is 23.1 Å². The molecule has 1 aliphatic carbocycles. The fraction of sp³-hybridized carbons (Fsp3) is 0.400. The van der Waals surface area contributed by atoms with Crippen LogP contribution in [-0.2, 0) is 20.0 Å². The van der Waals surface area contributed by atoms with Crippen LogP contribution in [0.1, 0.15) is 12.8 Å². The Labute approximate surface area is 111 Å². The Hall–Kier alpha value is -1.32. The first-order valence-corrected chi connectivity index (χ1v) is 8.88. The monoisotopic (exact) mass is 306 g/mol. The Balaban J connectivity index is 2.28. The van der Waals surface area contributed by atoms with Crippen LogP contribution in [0.2, 0.25) is 0 Å². The van der Waals surface area contributed by atoms with Gasteiger partial charge < -0.3 is 5.11 Å². The lowest BCUT2D eigenvalue weighted by Gasteiger charge is -2.11. The van der Waals surface area contributed by atoms with Gasteiger partial charge in [-0.1, -0.05) is 0 Å². The molecule has 0 heterocycles. The molecule has 1 aromatic rings. The van der Waals surface area contributed by atoms with E-state index in [1.807, 2.05) is 0 Å². The lowest BCUT2D eigenvalue weighted by molar-refractivity contribution is 0.477. The number of sulfone groups is 1. The highest BCUT2D eigenvalue weighted by Crippen LogP contribution is 2.28. The summed E-state index contributed by atoms with van der Waals surface area (Å²) in [6.07, 6.45) is 2.55. The molecular formula is C10H14N2O5S2. The predicted octanol–water partition coefficient (Wildman–Crippen LogP) is 0.204. The molecule has 0 amide bonds. The number of benzene rings is 1. The third kappa shape index (κ3) is 3.82. The topological polar surface area (TPSA) is 113 Å².